The Morgan fingerprint density at radius 2 is 1.91 bits per heavy atom. The lowest BCUT2D eigenvalue weighted by atomic mass is 10.2. The monoisotopic (exact) mass is 314 g/mol. The highest BCUT2D eigenvalue weighted by Gasteiger charge is 2.37. The van der Waals surface area contributed by atoms with Gasteiger partial charge in [-0.1, -0.05) is 18.2 Å². The number of nitrogens with zero attached hydrogens (tertiary/aromatic N) is 3. The first-order valence-electron chi connectivity index (χ1n) is 6.35. The number of hydrogen-bond acceptors (Lipinski definition) is 3. The molecule has 0 unspecified atom stereocenters. The quantitative estimate of drug-likeness (QED) is 0.916. The van der Waals surface area contributed by atoms with Crippen LogP contribution >= 0.6 is 0 Å². The maximum absolute atomic E-state index is 12.6. The first-order chi connectivity index (χ1) is 10.3. The average Bonchev–Trinajstić information content (AvgIpc) is 2.76. The summed E-state index contributed by atoms with van der Waals surface area (Å²) in [5.41, 5.74) is -0.465. The fourth-order valence-electron chi connectivity index (χ4n) is 1.85. The normalized spacial score (nSPS) is 11.5. The highest BCUT2D eigenvalue weighted by Crippen LogP contribution is 2.25. The molecule has 22 heavy (non-hydrogen) atoms. The van der Waals surface area contributed by atoms with Crippen molar-refractivity contribution in [3.63, 3.8) is 0 Å². The number of benzene rings is 1. The van der Waals surface area contributed by atoms with Crippen molar-refractivity contribution >= 4 is 5.91 Å². The van der Waals surface area contributed by atoms with Gasteiger partial charge in [0.15, 0.2) is 0 Å². The summed E-state index contributed by atoms with van der Waals surface area (Å²) >= 11 is 0. The zero-order valence-electron chi connectivity index (χ0n) is 11.6. The topological polar surface area (TPSA) is 68.9 Å². The molecule has 0 saturated carbocycles. The van der Waals surface area contributed by atoms with Gasteiger partial charge in [-0.15, -0.1) is 5.10 Å². The number of nitrogens with one attached hydrogen (secondary N) is 1. The zero-order valence-corrected chi connectivity index (χ0v) is 11.6. The molecule has 1 amide bonds. The van der Waals surface area contributed by atoms with Gasteiger partial charge in [0.25, 0.3) is 5.91 Å². The minimum Gasteiger partial charge on any atom is -0.350 e. The Morgan fingerprint density at radius 1 is 1.27 bits per heavy atom. The number of rotatable bonds is 4. The Labute approximate surface area is 123 Å². The molecule has 0 aliphatic rings. The van der Waals surface area contributed by atoms with Crippen LogP contribution < -0.4 is 11.0 Å². The summed E-state index contributed by atoms with van der Waals surface area (Å²) in [5.74, 6) is -1.65. The summed E-state index contributed by atoms with van der Waals surface area (Å²) in [7, 11) is 0.997. The van der Waals surface area contributed by atoms with E-state index < -0.39 is 17.7 Å². The molecule has 0 atom stereocenters. The summed E-state index contributed by atoms with van der Waals surface area (Å²) in [5, 5.41) is 5.75. The Bertz CT molecular complexity index is 719. The number of carbonyl (C=O) groups is 1. The summed E-state index contributed by atoms with van der Waals surface area (Å²) in [6.45, 7) is -0.163. The third-order valence-electron chi connectivity index (χ3n) is 2.94. The van der Waals surface area contributed by atoms with E-state index in [0.29, 0.717) is 14.8 Å². The standard InChI is InChI=1S/C13H13F3N4O2/c1-19-11(13(14,15)16)18-20(12(19)22)8-7-17-10(21)9-5-3-2-4-6-9/h2-6H,7-8H2,1H3,(H,17,21). The molecule has 0 bridgehead atoms. The molecule has 1 aromatic carbocycles. The predicted molar refractivity (Wildman–Crippen MR) is 71.2 cm³/mol. The number of aromatic nitrogens is 3. The molecule has 0 spiro atoms. The molecule has 0 fully saturated rings. The van der Waals surface area contributed by atoms with E-state index in [-0.39, 0.29) is 19.0 Å². The average molecular weight is 314 g/mol. The van der Waals surface area contributed by atoms with Crippen molar-refractivity contribution in [1.29, 1.82) is 0 Å². The third-order valence-corrected chi connectivity index (χ3v) is 2.94. The molecule has 2 aromatic rings. The van der Waals surface area contributed by atoms with Gasteiger partial charge in [0, 0.05) is 19.2 Å². The van der Waals surface area contributed by atoms with E-state index in [1.54, 1.807) is 30.3 Å². The molecule has 2 rings (SSSR count). The van der Waals surface area contributed by atoms with E-state index >= 15 is 0 Å². The van der Waals surface area contributed by atoms with Gasteiger partial charge in [-0.3, -0.25) is 9.36 Å². The molecule has 9 heteroatoms. The van der Waals surface area contributed by atoms with Crippen LogP contribution in [-0.4, -0.2) is 26.8 Å². The van der Waals surface area contributed by atoms with Crippen LogP contribution in [-0.2, 0) is 19.8 Å². The van der Waals surface area contributed by atoms with Gasteiger partial charge >= 0.3 is 11.9 Å². The fraction of sp³-hybridized carbons (Fsp3) is 0.308. The smallest absolute Gasteiger partial charge is 0.350 e. The lowest BCUT2D eigenvalue weighted by Gasteiger charge is -2.04. The molecule has 6 nitrogen and oxygen atoms in total. The number of alkyl halides is 3. The highest BCUT2D eigenvalue weighted by molar-refractivity contribution is 5.94. The van der Waals surface area contributed by atoms with E-state index in [2.05, 4.69) is 10.4 Å². The van der Waals surface area contributed by atoms with Crippen LogP contribution in [0.4, 0.5) is 13.2 Å². The molecule has 0 saturated heterocycles. The van der Waals surface area contributed by atoms with Gasteiger partial charge in [-0.2, -0.15) is 13.2 Å². The molecule has 1 heterocycles. The molecule has 1 aromatic heterocycles. The molecular formula is C13H13F3N4O2. The van der Waals surface area contributed by atoms with Crippen molar-refractivity contribution < 1.29 is 18.0 Å². The molecule has 0 radical (unpaired) electrons. The Balaban J connectivity index is 2.01. The number of carbonyl (C=O) groups excluding carboxylic acids is 1. The minimum absolute atomic E-state index is 0.0120. The van der Waals surface area contributed by atoms with Crippen molar-refractivity contribution in [3.05, 3.63) is 52.2 Å². The first kappa shape index (κ1) is 15.8. The lowest BCUT2D eigenvalue weighted by molar-refractivity contribution is -0.147. The van der Waals surface area contributed by atoms with Crippen LogP contribution in [0.1, 0.15) is 16.2 Å². The van der Waals surface area contributed by atoms with Gasteiger partial charge < -0.3 is 5.32 Å². The molecular weight excluding hydrogens is 301 g/mol. The molecule has 0 aliphatic heterocycles. The van der Waals surface area contributed by atoms with E-state index in [1.165, 1.54) is 0 Å². The van der Waals surface area contributed by atoms with Crippen molar-refractivity contribution in [2.45, 2.75) is 12.7 Å². The Kier molecular flexibility index (Phi) is 4.34. The van der Waals surface area contributed by atoms with Crippen molar-refractivity contribution in [2.24, 2.45) is 7.05 Å². The van der Waals surface area contributed by atoms with Crippen molar-refractivity contribution in [2.75, 3.05) is 6.54 Å². The van der Waals surface area contributed by atoms with Crippen molar-refractivity contribution in [3.8, 4) is 0 Å². The number of amides is 1. The van der Waals surface area contributed by atoms with Crippen LogP contribution in [0, 0.1) is 0 Å². The van der Waals surface area contributed by atoms with E-state index in [9.17, 15) is 22.8 Å². The highest BCUT2D eigenvalue weighted by atomic mass is 19.4. The first-order valence-corrected chi connectivity index (χ1v) is 6.35. The van der Waals surface area contributed by atoms with Crippen LogP contribution in [0.3, 0.4) is 0 Å². The summed E-state index contributed by atoms with van der Waals surface area (Å²) < 4.78 is 38.9. The third kappa shape index (κ3) is 3.35. The van der Waals surface area contributed by atoms with Crippen LogP contribution in [0.5, 0.6) is 0 Å². The predicted octanol–water partition coefficient (Wildman–Crippen LogP) is 1.03. The zero-order chi connectivity index (χ0) is 16.3. The Hall–Kier alpha value is -2.58. The summed E-state index contributed by atoms with van der Waals surface area (Å²) in [6, 6.07) is 8.33. The fourth-order valence-corrected chi connectivity index (χ4v) is 1.85. The minimum atomic E-state index is -4.70. The Morgan fingerprint density at radius 3 is 2.45 bits per heavy atom. The second-order valence-electron chi connectivity index (χ2n) is 4.51. The summed E-state index contributed by atoms with van der Waals surface area (Å²) in [6.07, 6.45) is -4.70. The van der Waals surface area contributed by atoms with Crippen LogP contribution in [0.2, 0.25) is 0 Å². The molecule has 118 valence electrons. The van der Waals surface area contributed by atoms with E-state index in [4.69, 9.17) is 0 Å². The number of hydrogen-bond donors (Lipinski definition) is 1. The van der Waals surface area contributed by atoms with Gasteiger partial charge in [0.1, 0.15) is 0 Å². The molecule has 0 aliphatic carbocycles. The van der Waals surface area contributed by atoms with Crippen molar-refractivity contribution in [1.82, 2.24) is 19.7 Å². The maximum atomic E-state index is 12.6. The lowest BCUT2D eigenvalue weighted by Crippen LogP contribution is -2.31. The maximum Gasteiger partial charge on any atom is 0.451 e. The molecule has 1 N–H and O–H groups in total. The number of halogens is 3. The van der Waals surface area contributed by atoms with Crippen LogP contribution in [0.15, 0.2) is 35.1 Å². The van der Waals surface area contributed by atoms with E-state index in [1.807, 2.05) is 0 Å². The van der Waals surface area contributed by atoms with Gasteiger partial charge in [-0.05, 0) is 12.1 Å². The largest absolute Gasteiger partial charge is 0.451 e. The van der Waals surface area contributed by atoms with Gasteiger partial charge in [-0.25, -0.2) is 9.48 Å². The van der Waals surface area contributed by atoms with Gasteiger partial charge in [0.2, 0.25) is 5.82 Å². The van der Waals surface area contributed by atoms with Gasteiger partial charge in [0.05, 0.1) is 6.54 Å². The SMILES string of the molecule is Cn1c(C(F)(F)F)nn(CCNC(=O)c2ccccc2)c1=O. The second kappa shape index (κ2) is 6.04. The second-order valence-corrected chi connectivity index (χ2v) is 4.51. The van der Waals surface area contributed by atoms with E-state index in [0.717, 1.165) is 7.05 Å². The summed E-state index contributed by atoms with van der Waals surface area (Å²) in [4.78, 5) is 23.4. The van der Waals surface area contributed by atoms with Crippen LogP contribution in [0.25, 0.3) is 0 Å².